The third-order valence-corrected chi connectivity index (χ3v) is 6.95. The Morgan fingerprint density at radius 1 is 1.35 bits per heavy atom. The molecule has 0 spiro atoms. The van der Waals surface area contributed by atoms with Gasteiger partial charge in [0.15, 0.2) is 0 Å². The van der Waals surface area contributed by atoms with E-state index in [1.807, 2.05) is 13.8 Å². The molecular weight excluding hydrogens is 424 g/mol. The van der Waals surface area contributed by atoms with Gasteiger partial charge in [0.1, 0.15) is 5.01 Å². The summed E-state index contributed by atoms with van der Waals surface area (Å²) in [6.07, 6.45) is 2.15. The van der Waals surface area contributed by atoms with E-state index in [0.717, 1.165) is 22.7 Å². The largest absolute Gasteiger partial charge is 0.481 e. The number of aromatic nitrogens is 2. The lowest BCUT2D eigenvalue weighted by atomic mass is 9.73. The molecule has 1 N–H and O–H groups in total. The number of carboxylic acid groups (broad SMARTS) is 1. The van der Waals surface area contributed by atoms with Crippen LogP contribution in [0.4, 0.5) is 8.78 Å². The highest BCUT2D eigenvalue weighted by Gasteiger charge is 2.37. The summed E-state index contributed by atoms with van der Waals surface area (Å²) >= 11 is 1.41. The van der Waals surface area contributed by atoms with Gasteiger partial charge in [-0.3, -0.25) is 9.69 Å². The number of halogens is 2. The van der Waals surface area contributed by atoms with Gasteiger partial charge >= 0.3 is 12.6 Å². The third-order valence-electron chi connectivity index (χ3n) is 5.78. The van der Waals surface area contributed by atoms with Crippen molar-refractivity contribution in [2.45, 2.75) is 54.2 Å². The summed E-state index contributed by atoms with van der Waals surface area (Å²) in [5.74, 6) is -1.04. The second-order valence-electron chi connectivity index (χ2n) is 9.30. The van der Waals surface area contributed by atoms with Gasteiger partial charge in [0, 0.05) is 30.7 Å². The van der Waals surface area contributed by atoms with Crippen LogP contribution in [0.1, 0.15) is 43.3 Å². The summed E-state index contributed by atoms with van der Waals surface area (Å²) in [5.41, 5.74) is 2.07. The zero-order valence-corrected chi connectivity index (χ0v) is 19.3. The van der Waals surface area contributed by atoms with Crippen LogP contribution in [0.25, 0.3) is 10.6 Å². The first-order valence-electron chi connectivity index (χ1n) is 10.3. The van der Waals surface area contributed by atoms with Crippen LogP contribution in [0.15, 0.2) is 12.3 Å². The molecule has 6 nitrogen and oxygen atoms in total. The highest BCUT2D eigenvalue weighted by atomic mass is 32.1. The Bertz CT molecular complexity index is 943. The number of aryl methyl sites for hydroxylation is 2. The molecule has 1 aliphatic heterocycles. The molecule has 0 aliphatic carbocycles. The summed E-state index contributed by atoms with van der Waals surface area (Å²) in [6.45, 7) is 9.05. The van der Waals surface area contributed by atoms with Gasteiger partial charge in [-0.1, -0.05) is 20.8 Å². The molecule has 2 aromatic rings. The van der Waals surface area contributed by atoms with Gasteiger partial charge in [-0.15, -0.1) is 11.3 Å². The molecule has 0 amide bonds. The van der Waals surface area contributed by atoms with Crippen molar-refractivity contribution >= 4 is 17.3 Å². The number of piperidine rings is 1. The first kappa shape index (κ1) is 23.5. The minimum Gasteiger partial charge on any atom is -0.481 e. The second-order valence-corrected chi connectivity index (χ2v) is 10.4. The van der Waals surface area contributed by atoms with E-state index >= 15 is 0 Å². The number of likely N-dealkylation sites (tertiary alicyclic amines) is 1. The number of ether oxygens (including phenoxy) is 1. The highest BCUT2D eigenvalue weighted by Crippen LogP contribution is 2.38. The average Bonchev–Trinajstić information content (AvgIpc) is 3.02. The fourth-order valence-corrected chi connectivity index (χ4v) is 5.02. The molecule has 2 aromatic heterocycles. The Kier molecular flexibility index (Phi) is 6.95. The Labute approximate surface area is 185 Å². The van der Waals surface area contributed by atoms with Crippen molar-refractivity contribution in [3.05, 3.63) is 28.4 Å². The molecule has 1 fully saturated rings. The number of carbonyl (C=O) groups is 1. The van der Waals surface area contributed by atoms with Gasteiger partial charge in [0.05, 0.1) is 17.2 Å². The van der Waals surface area contributed by atoms with E-state index in [4.69, 9.17) is 0 Å². The molecule has 0 unspecified atom stereocenters. The maximum atomic E-state index is 12.8. The van der Waals surface area contributed by atoms with E-state index in [2.05, 4.69) is 40.4 Å². The van der Waals surface area contributed by atoms with Gasteiger partial charge in [-0.25, -0.2) is 9.97 Å². The number of nitrogens with zero attached hydrogens (tertiary/aromatic N) is 3. The molecule has 0 bridgehead atoms. The van der Waals surface area contributed by atoms with Gasteiger partial charge in [0.25, 0.3) is 0 Å². The van der Waals surface area contributed by atoms with E-state index < -0.39 is 18.5 Å². The maximum Gasteiger partial charge on any atom is 0.388 e. The van der Waals surface area contributed by atoms with Crippen LogP contribution in [0.3, 0.4) is 0 Å². The van der Waals surface area contributed by atoms with E-state index in [9.17, 15) is 18.7 Å². The van der Waals surface area contributed by atoms with Crippen molar-refractivity contribution in [1.29, 1.82) is 0 Å². The number of hydrogen-bond donors (Lipinski definition) is 1. The molecule has 0 saturated carbocycles. The van der Waals surface area contributed by atoms with Crippen LogP contribution in [0.2, 0.25) is 0 Å². The predicted octanol–water partition coefficient (Wildman–Crippen LogP) is 4.99. The number of pyridine rings is 1. The van der Waals surface area contributed by atoms with Crippen LogP contribution in [-0.4, -0.2) is 45.6 Å². The van der Waals surface area contributed by atoms with Gasteiger partial charge < -0.3 is 9.84 Å². The van der Waals surface area contributed by atoms with Crippen molar-refractivity contribution in [2.24, 2.45) is 17.3 Å². The lowest BCUT2D eigenvalue weighted by Gasteiger charge is -2.42. The topological polar surface area (TPSA) is 75.6 Å². The first-order chi connectivity index (χ1) is 14.4. The summed E-state index contributed by atoms with van der Waals surface area (Å²) in [6, 6.07) is 1.74. The fraction of sp³-hybridized carbons (Fsp3) is 0.591. The zero-order chi connectivity index (χ0) is 22.9. The van der Waals surface area contributed by atoms with Gasteiger partial charge in [0.2, 0.25) is 5.88 Å². The Morgan fingerprint density at radius 2 is 2.06 bits per heavy atom. The standard InChI is InChI=1S/C22H29F2N3O3S/c1-12-6-16(18(25-8-12)30-21(23)24)19-26-13(2)17(31-19)11-27-9-14(20(28)29)7-15(10-27)22(3,4)5/h6,8,14-15,21H,7,9-11H2,1-5H3,(H,28,29)/t14-,15-/m1/s1. The molecule has 2 atom stereocenters. The number of alkyl halides is 2. The van der Waals surface area contributed by atoms with Crippen molar-refractivity contribution in [1.82, 2.24) is 14.9 Å². The van der Waals surface area contributed by atoms with Crippen LogP contribution in [0.5, 0.6) is 5.88 Å². The lowest BCUT2D eigenvalue weighted by Crippen LogP contribution is -2.46. The van der Waals surface area contributed by atoms with Crippen molar-refractivity contribution in [3.8, 4) is 16.5 Å². The molecule has 1 aliphatic rings. The van der Waals surface area contributed by atoms with E-state index in [0.29, 0.717) is 30.1 Å². The van der Waals surface area contributed by atoms with Crippen LogP contribution < -0.4 is 4.74 Å². The second kappa shape index (κ2) is 9.16. The lowest BCUT2D eigenvalue weighted by molar-refractivity contribution is -0.145. The molecule has 1 saturated heterocycles. The van der Waals surface area contributed by atoms with Crippen LogP contribution in [0, 0.1) is 31.1 Å². The summed E-state index contributed by atoms with van der Waals surface area (Å²) in [4.78, 5) is 23.5. The minimum atomic E-state index is -2.97. The molecule has 31 heavy (non-hydrogen) atoms. The van der Waals surface area contributed by atoms with E-state index in [1.54, 1.807) is 6.07 Å². The van der Waals surface area contributed by atoms with Crippen LogP contribution in [-0.2, 0) is 11.3 Å². The molecule has 3 heterocycles. The Balaban J connectivity index is 1.86. The monoisotopic (exact) mass is 453 g/mol. The van der Waals surface area contributed by atoms with Crippen molar-refractivity contribution < 1.29 is 23.4 Å². The Morgan fingerprint density at radius 3 is 2.68 bits per heavy atom. The van der Waals surface area contributed by atoms with Crippen molar-refractivity contribution in [2.75, 3.05) is 13.1 Å². The first-order valence-corrected chi connectivity index (χ1v) is 11.1. The molecular formula is C22H29F2N3O3S. The summed E-state index contributed by atoms with van der Waals surface area (Å²) in [5, 5.41) is 10.2. The van der Waals surface area contributed by atoms with E-state index in [-0.39, 0.29) is 17.2 Å². The molecule has 0 radical (unpaired) electrons. The summed E-state index contributed by atoms with van der Waals surface area (Å²) < 4.78 is 30.2. The van der Waals surface area contributed by atoms with E-state index in [1.165, 1.54) is 17.5 Å². The highest BCUT2D eigenvalue weighted by molar-refractivity contribution is 7.15. The number of hydrogen-bond acceptors (Lipinski definition) is 6. The molecule has 3 rings (SSSR count). The molecule has 170 valence electrons. The zero-order valence-electron chi connectivity index (χ0n) is 18.5. The smallest absolute Gasteiger partial charge is 0.388 e. The number of thiazole rings is 1. The fourth-order valence-electron chi connectivity index (χ4n) is 3.91. The summed E-state index contributed by atoms with van der Waals surface area (Å²) in [7, 11) is 0. The predicted molar refractivity (Wildman–Crippen MR) is 115 cm³/mol. The average molecular weight is 454 g/mol. The third kappa shape index (κ3) is 5.77. The quantitative estimate of drug-likeness (QED) is 0.664. The number of rotatable bonds is 6. The van der Waals surface area contributed by atoms with Crippen LogP contribution >= 0.6 is 11.3 Å². The normalized spacial score (nSPS) is 20.3. The molecule has 0 aromatic carbocycles. The van der Waals surface area contributed by atoms with Gasteiger partial charge in [-0.05, 0) is 43.2 Å². The van der Waals surface area contributed by atoms with Gasteiger partial charge in [-0.2, -0.15) is 8.78 Å². The Hall–Kier alpha value is -2.13. The number of aliphatic carboxylic acids is 1. The molecule has 9 heteroatoms. The number of carboxylic acids is 1. The van der Waals surface area contributed by atoms with Crippen molar-refractivity contribution in [3.63, 3.8) is 0 Å². The minimum absolute atomic E-state index is 0.00895. The maximum absolute atomic E-state index is 12.8. The SMILES string of the molecule is Cc1cnc(OC(F)F)c(-c2nc(C)c(CN3C[C@H](C(=O)O)C[C@@H](C(C)(C)C)C3)s2)c1.